The molecule has 3 aromatic heterocycles. The first-order chi connectivity index (χ1) is 15.1. The average molecular weight is 454 g/mol. The van der Waals surface area contributed by atoms with Crippen molar-refractivity contribution in [1.29, 1.82) is 0 Å². The Labute approximate surface area is 184 Å². The quantitative estimate of drug-likeness (QED) is 0.504. The first kappa shape index (κ1) is 20.6. The molecule has 10 heteroatoms. The Bertz CT molecular complexity index is 1490. The second-order valence-corrected chi connectivity index (χ2v) is 11.0. The van der Waals surface area contributed by atoms with Crippen LogP contribution in [0.1, 0.15) is 43.1 Å². The Morgan fingerprint density at radius 1 is 1.25 bits per heavy atom. The first-order valence-corrected chi connectivity index (χ1v) is 12.2. The molecule has 4 heterocycles. The molecule has 0 atom stereocenters. The largest absolute Gasteiger partial charge is 0.441 e. The van der Waals surface area contributed by atoms with Gasteiger partial charge in [-0.25, -0.2) is 13.4 Å². The third kappa shape index (κ3) is 3.35. The van der Waals surface area contributed by atoms with E-state index < -0.39 is 15.4 Å². The lowest BCUT2D eigenvalue weighted by Gasteiger charge is -2.38. The van der Waals surface area contributed by atoms with Gasteiger partial charge in [0, 0.05) is 24.7 Å². The highest BCUT2D eigenvalue weighted by Crippen LogP contribution is 2.33. The highest BCUT2D eigenvalue weighted by molar-refractivity contribution is 7.93. The van der Waals surface area contributed by atoms with Crippen LogP contribution in [0.4, 0.5) is 0 Å². The summed E-state index contributed by atoms with van der Waals surface area (Å²) in [6, 6.07) is 7.45. The number of para-hydroxylation sites is 1. The minimum absolute atomic E-state index is 0.0268. The van der Waals surface area contributed by atoms with Gasteiger partial charge in [-0.2, -0.15) is 5.10 Å². The Balaban J connectivity index is 1.59. The molecule has 0 saturated carbocycles. The lowest BCUT2D eigenvalue weighted by molar-refractivity contribution is 0.0916. The summed E-state index contributed by atoms with van der Waals surface area (Å²) >= 11 is 0. The van der Waals surface area contributed by atoms with Gasteiger partial charge in [0.25, 0.3) is 5.91 Å². The maximum absolute atomic E-state index is 12.8. The molecule has 1 fully saturated rings. The van der Waals surface area contributed by atoms with E-state index in [9.17, 15) is 13.2 Å². The number of amides is 1. The number of sulfone groups is 1. The SMILES string of the molecule is Cc1nc2c(-c3nn(C(C)C)c4cc(C(=O)NC5(C)CS(=O)(=O)C5)cnc34)cccc2o1. The van der Waals surface area contributed by atoms with Crippen LogP contribution in [0.2, 0.25) is 0 Å². The van der Waals surface area contributed by atoms with Crippen LogP contribution < -0.4 is 5.32 Å². The lowest BCUT2D eigenvalue weighted by Crippen LogP contribution is -2.63. The summed E-state index contributed by atoms with van der Waals surface area (Å²) in [7, 11) is -3.07. The van der Waals surface area contributed by atoms with Crippen LogP contribution in [-0.4, -0.2) is 51.1 Å². The maximum atomic E-state index is 12.8. The summed E-state index contributed by atoms with van der Waals surface area (Å²) in [5.41, 5.74) is 3.82. The molecule has 5 rings (SSSR count). The monoisotopic (exact) mass is 453 g/mol. The van der Waals surface area contributed by atoms with E-state index in [0.717, 1.165) is 5.56 Å². The van der Waals surface area contributed by atoms with Gasteiger partial charge in [-0.15, -0.1) is 0 Å². The smallest absolute Gasteiger partial charge is 0.253 e. The van der Waals surface area contributed by atoms with Crippen LogP contribution in [0.5, 0.6) is 0 Å². The summed E-state index contributed by atoms with van der Waals surface area (Å²) in [6.07, 6.45) is 1.50. The van der Waals surface area contributed by atoms with Gasteiger partial charge in [0.1, 0.15) is 16.7 Å². The minimum atomic E-state index is -3.07. The number of nitrogens with one attached hydrogen (secondary N) is 1. The van der Waals surface area contributed by atoms with Gasteiger partial charge in [-0.05, 0) is 32.9 Å². The maximum Gasteiger partial charge on any atom is 0.253 e. The predicted molar refractivity (Wildman–Crippen MR) is 120 cm³/mol. The topological polar surface area (TPSA) is 120 Å². The van der Waals surface area contributed by atoms with Crippen molar-refractivity contribution in [2.24, 2.45) is 0 Å². The second-order valence-electron chi connectivity index (χ2n) is 8.91. The molecule has 0 spiro atoms. The molecule has 1 saturated heterocycles. The number of aryl methyl sites for hydroxylation is 1. The first-order valence-electron chi connectivity index (χ1n) is 10.3. The molecule has 1 aliphatic rings. The van der Waals surface area contributed by atoms with Crippen molar-refractivity contribution < 1.29 is 17.6 Å². The standard InChI is InChI=1S/C22H23N5O4S/c1-12(2)27-16-8-14(21(28)25-22(4)10-32(29,30)11-22)9-23-20(16)19(26-27)15-6-5-7-17-18(15)24-13(3)31-17/h5-9,12H,10-11H2,1-4H3,(H,25,28). The van der Waals surface area contributed by atoms with Crippen molar-refractivity contribution in [3.63, 3.8) is 0 Å². The van der Waals surface area contributed by atoms with E-state index in [1.807, 2.05) is 36.7 Å². The van der Waals surface area contributed by atoms with E-state index in [1.165, 1.54) is 6.20 Å². The van der Waals surface area contributed by atoms with Gasteiger partial charge in [0.2, 0.25) is 0 Å². The van der Waals surface area contributed by atoms with E-state index in [2.05, 4.69) is 15.3 Å². The van der Waals surface area contributed by atoms with Gasteiger partial charge in [-0.3, -0.25) is 14.5 Å². The Morgan fingerprint density at radius 2 is 2.00 bits per heavy atom. The molecule has 0 unspecified atom stereocenters. The third-order valence-electron chi connectivity index (χ3n) is 5.57. The lowest BCUT2D eigenvalue weighted by atomic mass is 10.1. The van der Waals surface area contributed by atoms with Crippen LogP contribution in [0.15, 0.2) is 34.9 Å². The highest BCUT2D eigenvalue weighted by Gasteiger charge is 2.45. The van der Waals surface area contributed by atoms with Gasteiger partial charge in [-0.1, -0.05) is 12.1 Å². The summed E-state index contributed by atoms with van der Waals surface area (Å²) < 4.78 is 30.6. The average Bonchev–Trinajstić information content (AvgIpc) is 3.25. The molecule has 0 aliphatic carbocycles. The molecule has 9 nitrogen and oxygen atoms in total. The summed E-state index contributed by atoms with van der Waals surface area (Å²) in [5, 5.41) is 7.63. The van der Waals surface area contributed by atoms with Gasteiger partial charge >= 0.3 is 0 Å². The molecule has 32 heavy (non-hydrogen) atoms. The van der Waals surface area contributed by atoms with Crippen molar-refractivity contribution in [3.8, 4) is 11.3 Å². The molecule has 1 aromatic carbocycles. The molecule has 1 amide bonds. The molecule has 166 valence electrons. The molecule has 1 aliphatic heterocycles. The van der Waals surface area contributed by atoms with Gasteiger partial charge in [0.15, 0.2) is 21.3 Å². The van der Waals surface area contributed by atoms with Crippen molar-refractivity contribution in [2.75, 3.05) is 11.5 Å². The van der Waals surface area contributed by atoms with Crippen LogP contribution in [0.25, 0.3) is 33.4 Å². The van der Waals surface area contributed by atoms with Crippen molar-refractivity contribution in [2.45, 2.75) is 39.3 Å². The van der Waals surface area contributed by atoms with E-state index in [1.54, 1.807) is 19.9 Å². The minimum Gasteiger partial charge on any atom is -0.441 e. The molecular formula is C22H23N5O4S. The number of oxazole rings is 1. The Morgan fingerprint density at radius 3 is 2.69 bits per heavy atom. The molecule has 1 N–H and O–H groups in total. The van der Waals surface area contributed by atoms with Crippen LogP contribution >= 0.6 is 0 Å². The zero-order valence-corrected chi connectivity index (χ0v) is 19.0. The Kier molecular flexibility index (Phi) is 4.42. The van der Waals surface area contributed by atoms with E-state index >= 15 is 0 Å². The number of aromatic nitrogens is 4. The second kappa shape index (κ2) is 6.86. The van der Waals surface area contributed by atoms with Crippen molar-refractivity contribution in [3.05, 3.63) is 41.9 Å². The van der Waals surface area contributed by atoms with Crippen molar-refractivity contribution in [1.82, 2.24) is 25.1 Å². The highest BCUT2D eigenvalue weighted by atomic mass is 32.2. The van der Waals surface area contributed by atoms with E-state index in [0.29, 0.717) is 39.3 Å². The number of carbonyl (C=O) groups excluding carboxylic acids is 1. The number of pyridine rings is 1. The van der Waals surface area contributed by atoms with Crippen molar-refractivity contribution >= 4 is 37.9 Å². The summed E-state index contributed by atoms with van der Waals surface area (Å²) in [4.78, 5) is 21.9. The number of hydrogen-bond acceptors (Lipinski definition) is 7. The molecular weight excluding hydrogens is 430 g/mol. The third-order valence-corrected chi connectivity index (χ3v) is 7.72. The normalized spacial score (nSPS) is 17.0. The summed E-state index contributed by atoms with van der Waals surface area (Å²) in [5.74, 6) is 0.0929. The van der Waals surface area contributed by atoms with Gasteiger partial charge in [0.05, 0.1) is 28.1 Å². The predicted octanol–water partition coefficient (Wildman–Crippen LogP) is 3.05. The number of fused-ring (bicyclic) bond motifs is 2. The fourth-order valence-electron chi connectivity index (χ4n) is 4.32. The van der Waals surface area contributed by atoms with Crippen LogP contribution in [-0.2, 0) is 9.84 Å². The van der Waals surface area contributed by atoms with E-state index in [4.69, 9.17) is 9.52 Å². The van der Waals surface area contributed by atoms with Crippen LogP contribution in [0, 0.1) is 6.92 Å². The molecule has 0 bridgehead atoms. The number of benzene rings is 1. The molecule has 0 radical (unpaired) electrons. The van der Waals surface area contributed by atoms with Crippen LogP contribution in [0.3, 0.4) is 0 Å². The fraction of sp³-hybridized carbons (Fsp3) is 0.364. The number of rotatable bonds is 4. The number of nitrogens with zero attached hydrogens (tertiary/aromatic N) is 4. The van der Waals surface area contributed by atoms with Gasteiger partial charge < -0.3 is 9.73 Å². The Hall–Kier alpha value is -3.27. The van der Waals surface area contributed by atoms with E-state index in [-0.39, 0.29) is 23.5 Å². The number of hydrogen-bond donors (Lipinski definition) is 1. The number of carbonyl (C=O) groups is 1. The summed E-state index contributed by atoms with van der Waals surface area (Å²) in [6.45, 7) is 7.54. The zero-order valence-electron chi connectivity index (χ0n) is 18.2. The fourth-order valence-corrected chi connectivity index (χ4v) is 6.32. The zero-order chi connectivity index (χ0) is 22.8. The molecule has 4 aromatic rings.